The number of amides is 1. The van der Waals surface area contributed by atoms with E-state index in [-0.39, 0.29) is 17.1 Å². The highest BCUT2D eigenvalue weighted by molar-refractivity contribution is 9.10. The first-order chi connectivity index (χ1) is 12.4. The number of hydroxylamine groups is 1. The zero-order valence-electron chi connectivity index (χ0n) is 13.8. The maximum absolute atomic E-state index is 12.9. The minimum atomic E-state index is -4.09. The first-order valence-corrected chi connectivity index (χ1v) is 9.80. The number of ether oxygens (including phenoxy) is 1. The molecule has 2 aromatic carbocycles. The quantitative estimate of drug-likeness (QED) is 0.411. The van der Waals surface area contributed by atoms with Crippen LogP contribution in [0.5, 0.6) is 5.75 Å². The van der Waals surface area contributed by atoms with E-state index in [0.29, 0.717) is 5.75 Å². The average Bonchev–Trinajstić information content (AvgIpc) is 2.64. The molecule has 26 heavy (non-hydrogen) atoms. The van der Waals surface area contributed by atoms with Crippen molar-refractivity contribution in [2.75, 3.05) is 6.61 Å². The monoisotopic (exact) mass is 437 g/mol. The lowest BCUT2D eigenvalue weighted by atomic mass is 10.1. The van der Waals surface area contributed by atoms with Crippen molar-refractivity contribution in [3.8, 4) is 17.6 Å². The van der Waals surface area contributed by atoms with Gasteiger partial charge in [-0.15, -0.1) is 5.92 Å². The highest BCUT2D eigenvalue weighted by Crippen LogP contribution is 2.31. The van der Waals surface area contributed by atoms with Gasteiger partial charge in [0.1, 0.15) is 12.4 Å². The van der Waals surface area contributed by atoms with Crippen molar-refractivity contribution in [1.29, 1.82) is 0 Å². The molecule has 2 N–H and O–H groups in total. The second kappa shape index (κ2) is 8.85. The molecule has 0 saturated heterocycles. The van der Waals surface area contributed by atoms with Gasteiger partial charge in [0.15, 0.2) is 15.1 Å². The Kier molecular flexibility index (Phi) is 6.80. The van der Waals surface area contributed by atoms with E-state index in [1.807, 2.05) is 0 Å². The van der Waals surface area contributed by atoms with E-state index in [0.717, 1.165) is 4.47 Å². The van der Waals surface area contributed by atoms with Crippen LogP contribution in [0.1, 0.15) is 17.7 Å². The molecule has 136 valence electrons. The molecule has 0 aromatic heterocycles. The van der Waals surface area contributed by atoms with E-state index in [4.69, 9.17) is 9.94 Å². The second-order valence-electron chi connectivity index (χ2n) is 5.14. The van der Waals surface area contributed by atoms with Gasteiger partial charge in [-0.1, -0.05) is 34.0 Å². The van der Waals surface area contributed by atoms with Crippen LogP contribution in [0.4, 0.5) is 0 Å². The third-order valence-corrected chi connectivity index (χ3v) is 6.04. The number of sulfone groups is 1. The van der Waals surface area contributed by atoms with Crippen LogP contribution in [0.2, 0.25) is 0 Å². The molecule has 1 amide bonds. The van der Waals surface area contributed by atoms with Gasteiger partial charge in [0.25, 0.3) is 5.91 Å². The number of carbonyl (C=O) groups excluding carboxylic acids is 1. The van der Waals surface area contributed by atoms with E-state index in [2.05, 4.69) is 27.8 Å². The van der Waals surface area contributed by atoms with Gasteiger partial charge in [-0.25, -0.2) is 13.9 Å². The van der Waals surface area contributed by atoms with Gasteiger partial charge in [-0.2, -0.15) is 0 Å². The van der Waals surface area contributed by atoms with Gasteiger partial charge >= 0.3 is 0 Å². The highest BCUT2D eigenvalue weighted by Gasteiger charge is 2.35. The first kappa shape index (κ1) is 20.0. The van der Waals surface area contributed by atoms with Crippen molar-refractivity contribution < 1.29 is 23.2 Å². The number of hydrogen-bond acceptors (Lipinski definition) is 5. The van der Waals surface area contributed by atoms with E-state index >= 15 is 0 Å². The Morgan fingerprint density at radius 2 is 1.81 bits per heavy atom. The fourth-order valence-corrected chi connectivity index (χ4v) is 4.12. The Bertz CT molecular complexity index is 928. The van der Waals surface area contributed by atoms with Crippen molar-refractivity contribution in [2.45, 2.75) is 17.1 Å². The Hall–Kier alpha value is -2.34. The lowest BCUT2D eigenvalue weighted by Gasteiger charge is -2.16. The zero-order chi connectivity index (χ0) is 19.2. The lowest BCUT2D eigenvalue weighted by Crippen LogP contribution is -2.31. The van der Waals surface area contributed by atoms with Gasteiger partial charge in [0.2, 0.25) is 0 Å². The Morgan fingerprint density at radius 1 is 1.19 bits per heavy atom. The molecule has 0 bridgehead atoms. The average molecular weight is 438 g/mol. The molecule has 0 spiro atoms. The molecule has 8 heteroatoms. The Morgan fingerprint density at radius 3 is 2.35 bits per heavy atom. The summed E-state index contributed by atoms with van der Waals surface area (Å²) in [5.74, 6) is 4.84. The number of benzene rings is 2. The van der Waals surface area contributed by atoms with Crippen molar-refractivity contribution in [1.82, 2.24) is 5.48 Å². The fraction of sp³-hybridized carbons (Fsp3) is 0.167. The Balaban J connectivity index is 2.38. The smallest absolute Gasteiger partial charge is 0.266 e. The maximum atomic E-state index is 12.9. The van der Waals surface area contributed by atoms with Crippen molar-refractivity contribution in [3.05, 3.63) is 58.6 Å². The van der Waals surface area contributed by atoms with Crippen LogP contribution in [-0.4, -0.2) is 26.1 Å². The number of hydrogen-bond donors (Lipinski definition) is 2. The second-order valence-corrected chi connectivity index (χ2v) is 8.09. The topological polar surface area (TPSA) is 92.7 Å². The van der Waals surface area contributed by atoms with E-state index < -0.39 is 21.0 Å². The normalized spacial score (nSPS) is 11.8. The minimum absolute atomic E-state index is 0.0667. The van der Waals surface area contributed by atoms with Gasteiger partial charge < -0.3 is 4.74 Å². The summed E-state index contributed by atoms with van der Waals surface area (Å²) in [5, 5.41) is 7.40. The molecule has 0 radical (unpaired) electrons. The van der Waals surface area contributed by atoms with Crippen LogP contribution >= 0.6 is 15.9 Å². The molecule has 1 unspecified atom stereocenters. The fourth-order valence-electron chi connectivity index (χ4n) is 2.22. The van der Waals surface area contributed by atoms with Crippen LogP contribution in [0, 0.1) is 11.8 Å². The first-order valence-electron chi connectivity index (χ1n) is 7.46. The number of carbonyl (C=O) groups is 1. The molecule has 0 saturated carbocycles. The summed E-state index contributed by atoms with van der Waals surface area (Å²) in [6.07, 6.45) is 0. The zero-order valence-corrected chi connectivity index (χ0v) is 16.2. The predicted octanol–water partition coefficient (Wildman–Crippen LogP) is 2.87. The number of nitrogens with one attached hydrogen (secondary N) is 1. The summed E-state index contributed by atoms with van der Waals surface area (Å²) in [6, 6.07) is 11.9. The van der Waals surface area contributed by atoms with Gasteiger partial charge in [0, 0.05) is 4.47 Å². The number of rotatable bonds is 6. The molecule has 0 aliphatic heterocycles. The predicted molar refractivity (Wildman–Crippen MR) is 99.4 cm³/mol. The summed E-state index contributed by atoms with van der Waals surface area (Å²) in [5.41, 5.74) is 1.66. The Labute approximate surface area is 160 Å². The summed E-state index contributed by atoms with van der Waals surface area (Å²) >= 11 is 3.25. The van der Waals surface area contributed by atoms with Crippen LogP contribution in [0.15, 0.2) is 57.9 Å². The standard InChI is InChI=1S/C18H16BrNO5S/c1-2-3-12-25-15-8-10-16(11-9-15)26(23,24)17(18(21)20-22)13-4-6-14(19)7-5-13/h4-11,17,22H,12H2,1H3,(H,20,21). The third kappa shape index (κ3) is 4.64. The molecule has 0 fully saturated rings. The molecule has 0 aliphatic rings. The molecule has 6 nitrogen and oxygen atoms in total. The summed E-state index contributed by atoms with van der Waals surface area (Å²) in [7, 11) is -4.09. The maximum Gasteiger partial charge on any atom is 0.266 e. The molecule has 1 atom stereocenters. The lowest BCUT2D eigenvalue weighted by molar-refractivity contribution is -0.128. The largest absolute Gasteiger partial charge is 0.481 e. The van der Waals surface area contributed by atoms with Crippen LogP contribution < -0.4 is 10.2 Å². The molecule has 0 aliphatic carbocycles. The van der Waals surface area contributed by atoms with Gasteiger partial charge in [-0.3, -0.25) is 10.0 Å². The van der Waals surface area contributed by atoms with Crippen LogP contribution in [0.3, 0.4) is 0 Å². The van der Waals surface area contributed by atoms with Crippen LogP contribution in [0.25, 0.3) is 0 Å². The van der Waals surface area contributed by atoms with Crippen molar-refractivity contribution in [3.63, 3.8) is 0 Å². The van der Waals surface area contributed by atoms with E-state index in [1.165, 1.54) is 41.9 Å². The molecular weight excluding hydrogens is 422 g/mol. The highest BCUT2D eigenvalue weighted by atomic mass is 79.9. The van der Waals surface area contributed by atoms with Crippen LogP contribution in [-0.2, 0) is 14.6 Å². The van der Waals surface area contributed by atoms with Gasteiger partial charge in [0.05, 0.1) is 4.90 Å². The SMILES string of the molecule is CC#CCOc1ccc(S(=O)(=O)C(C(=O)NO)c2ccc(Br)cc2)cc1. The summed E-state index contributed by atoms with van der Waals surface area (Å²) < 4.78 is 32.0. The number of halogens is 1. The van der Waals surface area contributed by atoms with Crippen molar-refractivity contribution >= 4 is 31.7 Å². The van der Waals surface area contributed by atoms with Crippen molar-refractivity contribution in [2.24, 2.45) is 0 Å². The minimum Gasteiger partial charge on any atom is -0.481 e. The molecular formula is C18H16BrNO5S. The third-order valence-electron chi connectivity index (χ3n) is 3.47. The molecule has 0 heterocycles. The molecule has 2 aromatic rings. The van der Waals surface area contributed by atoms with Gasteiger partial charge in [-0.05, 0) is 48.9 Å². The van der Waals surface area contributed by atoms with E-state index in [9.17, 15) is 13.2 Å². The molecule has 2 rings (SSSR count). The summed E-state index contributed by atoms with van der Waals surface area (Å²) in [4.78, 5) is 12.0. The summed E-state index contributed by atoms with van der Waals surface area (Å²) in [6.45, 7) is 1.88. The van der Waals surface area contributed by atoms with E-state index in [1.54, 1.807) is 19.1 Å².